The number of aryl methyl sites for hydroxylation is 1. The van der Waals surface area contributed by atoms with Crippen molar-refractivity contribution in [2.24, 2.45) is 0 Å². The summed E-state index contributed by atoms with van der Waals surface area (Å²) < 4.78 is 0.848. The van der Waals surface area contributed by atoms with Gasteiger partial charge in [0.05, 0.1) is 0 Å². The molecule has 0 spiro atoms. The molecule has 19 heavy (non-hydrogen) atoms. The van der Waals surface area contributed by atoms with E-state index < -0.39 is 11.5 Å². The average Bonchev–Trinajstić information content (AvgIpc) is 2.24. The van der Waals surface area contributed by atoms with Gasteiger partial charge in [0.15, 0.2) is 0 Å². The lowest BCUT2D eigenvalue weighted by atomic mass is 9.97. The average molecular weight is 328 g/mol. The molecule has 0 saturated carbocycles. The van der Waals surface area contributed by atoms with Crippen LogP contribution in [0.2, 0.25) is 0 Å². The quantitative estimate of drug-likeness (QED) is 0.873. The number of benzene rings is 1. The number of carbonyl (C=O) groups is 2. The van der Waals surface area contributed by atoms with Crippen LogP contribution in [0.5, 0.6) is 0 Å². The first-order valence-electron chi connectivity index (χ1n) is 6.01. The molecule has 0 aliphatic heterocycles. The van der Waals surface area contributed by atoms with Crippen LogP contribution in [-0.2, 0) is 4.79 Å². The molecule has 4 nitrogen and oxygen atoms in total. The predicted molar refractivity (Wildman–Crippen MR) is 77.3 cm³/mol. The van der Waals surface area contributed by atoms with Gasteiger partial charge in [-0.15, -0.1) is 0 Å². The number of aliphatic carboxylic acids is 1. The zero-order valence-corrected chi connectivity index (χ0v) is 12.9. The molecule has 0 fully saturated rings. The van der Waals surface area contributed by atoms with E-state index in [1.165, 1.54) is 0 Å². The maximum absolute atomic E-state index is 12.1. The summed E-state index contributed by atoms with van der Waals surface area (Å²) in [5, 5.41) is 11.5. The van der Waals surface area contributed by atoms with Crippen molar-refractivity contribution in [1.82, 2.24) is 5.32 Å². The van der Waals surface area contributed by atoms with Gasteiger partial charge in [-0.2, -0.15) is 0 Å². The van der Waals surface area contributed by atoms with Gasteiger partial charge in [-0.05, 0) is 51.0 Å². The summed E-state index contributed by atoms with van der Waals surface area (Å²) in [6, 6.07) is 5.47. The lowest BCUT2D eigenvalue weighted by Crippen LogP contribution is -2.43. The molecule has 104 valence electrons. The van der Waals surface area contributed by atoms with Crippen LogP contribution in [0.25, 0.3) is 0 Å². The maximum Gasteiger partial charge on any atom is 0.303 e. The summed E-state index contributed by atoms with van der Waals surface area (Å²) in [5.41, 5.74) is 1.00. The number of amides is 1. The Morgan fingerprint density at radius 3 is 2.47 bits per heavy atom. The van der Waals surface area contributed by atoms with Crippen molar-refractivity contribution in [3.63, 3.8) is 0 Å². The Balaban J connectivity index is 2.75. The fraction of sp³-hybridized carbons (Fsp3) is 0.429. The fourth-order valence-corrected chi connectivity index (χ4v) is 2.34. The summed E-state index contributed by atoms with van der Waals surface area (Å²) in [4.78, 5) is 22.7. The van der Waals surface area contributed by atoms with Crippen LogP contribution in [0.4, 0.5) is 0 Å². The van der Waals surface area contributed by atoms with Crippen LogP contribution in [-0.4, -0.2) is 22.5 Å². The Morgan fingerprint density at radius 1 is 1.32 bits per heavy atom. The van der Waals surface area contributed by atoms with Crippen molar-refractivity contribution >= 4 is 27.8 Å². The zero-order chi connectivity index (χ0) is 14.6. The SMILES string of the molecule is Cc1cc(Br)cc(C(=O)NC(C)(C)CCC(=O)O)c1. The van der Waals surface area contributed by atoms with Crippen molar-refractivity contribution in [1.29, 1.82) is 0 Å². The molecule has 0 aromatic heterocycles. The van der Waals surface area contributed by atoms with Crippen molar-refractivity contribution in [3.8, 4) is 0 Å². The number of hydrogen-bond donors (Lipinski definition) is 2. The number of carboxylic acids is 1. The normalized spacial score (nSPS) is 11.2. The van der Waals surface area contributed by atoms with Gasteiger partial charge >= 0.3 is 5.97 Å². The van der Waals surface area contributed by atoms with Crippen molar-refractivity contribution in [2.45, 2.75) is 39.2 Å². The summed E-state index contributed by atoms with van der Waals surface area (Å²) in [7, 11) is 0. The Labute approximate surface area is 121 Å². The summed E-state index contributed by atoms with van der Waals surface area (Å²) >= 11 is 3.35. The van der Waals surface area contributed by atoms with Crippen LogP contribution >= 0.6 is 15.9 Å². The molecule has 0 radical (unpaired) electrons. The second-order valence-electron chi connectivity index (χ2n) is 5.25. The number of nitrogens with one attached hydrogen (secondary N) is 1. The van der Waals surface area contributed by atoms with Gasteiger partial charge in [0, 0.05) is 22.0 Å². The molecule has 0 saturated heterocycles. The fourth-order valence-electron chi connectivity index (χ4n) is 1.73. The van der Waals surface area contributed by atoms with Crippen LogP contribution < -0.4 is 5.32 Å². The molecular weight excluding hydrogens is 310 g/mol. The smallest absolute Gasteiger partial charge is 0.303 e. The van der Waals surface area contributed by atoms with Crippen LogP contribution in [0, 0.1) is 6.92 Å². The van der Waals surface area contributed by atoms with Gasteiger partial charge in [-0.3, -0.25) is 9.59 Å². The highest BCUT2D eigenvalue weighted by atomic mass is 79.9. The van der Waals surface area contributed by atoms with Gasteiger partial charge in [0.25, 0.3) is 5.91 Å². The monoisotopic (exact) mass is 327 g/mol. The highest BCUT2D eigenvalue weighted by molar-refractivity contribution is 9.10. The number of carbonyl (C=O) groups excluding carboxylic acids is 1. The van der Waals surface area contributed by atoms with E-state index in [9.17, 15) is 9.59 Å². The van der Waals surface area contributed by atoms with E-state index in [-0.39, 0.29) is 12.3 Å². The molecule has 1 aromatic rings. The van der Waals surface area contributed by atoms with Gasteiger partial charge in [0.2, 0.25) is 0 Å². The second-order valence-corrected chi connectivity index (χ2v) is 6.16. The van der Waals surface area contributed by atoms with Crippen molar-refractivity contribution in [3.05, 3.63) is 33.8 Å². The van der Waals surface area contributed by atoms with Crippen LogP contribution in [0.15, 0.2) is 22.7 Å². The lowest BCUT2D eigenvalue weighted by Gasteiger charge is -2.25. The Kier molecular flexibility index (Phi) is 5.11. The van der Waals surface area contributed by atoms with Gasteiger partial charge in [-0.25, -0.2) is 0 Å². The molecule has 0 unspecified atom stereocenters. The lowest BCUT2D eigenvalue weighted by molar-refractivity contribution is -0.137. The third kappa shape index (κ3) is 5.42. The number of carboxylic acid groups (broad SMARTS) is 1. The third-order valence-electron chi connectivity index (χ3n) is 2.72. The largest absolute Gasteiger partial charge is 0.481 e. The summed E-state index contributed by atoms with van der Waals surface area (Å²) in [6.07, 6.45) is 0.422. The first kappa shape index (κ1) is 15.7. The summed E-state index contributed by atoms with van der Waals surface area (Å²) in [5.74, 6) is -1.06. The highest BCUT2D eigenvalue weighted by Crippen LogP contribution is 2.17. The van der Waals surface area contributed by atoms with Gasteiger partial charge in [0.1, 0.15) is 0 Å². The van der Waals surface area contributed by atoms with E-state index in [1.54, 1.807) is 12.1 Å². The molecule has 1 aromatic carbocycles. The Morgan fingerprint density at radius 2 is 1.95 bits per heavy atom. The van der Waals surface area contributed by atoms with E-state index >= 15 is 0 Å². The Bertz CT molecular complexity index is 477. The number of rotatable bonds is 5. The molecule has 0 aliphatic carbocycles. The molecule has 1 rings (SSSR count). The van der Waals surface area contributed by atoms with E-state index in [0.717, 1.165) is 10.0 Å². The predicted octanol–water partition coefficient (Wildman–Crippen LogP) is 3.13. The van der Waals surface area contributed by atoms with Gasteiger partial charge in [-0.1, -0.05) is 15.9 Å². The standard InChI is InChI=1S/C14H18BrNO3/c1-9-6-10(8-11(15)7-9)13(19)16-14(2,3)5-4-12(17)18/h6-8H,4-5H2,1-3H3,(H,16,19)(H,17,18). The van der Waals surface area contributed by atoms with E-state index in [4.69, 9.17) is 5.11 Å². The first-order valence-corrected chi connectivity index (χ1v) is 6.80. The number of hydrogen-bond acceptors (Lipinski definition) is 2. The summed E-state index contributed by atoms with van der Waals surface area (Å²) in [6.45, 7) is 5.55. The maximum atomic E-state index is 12.1. The Hall–Kier alpha value is -1.36. The van der Waals surface area contributed by atoms with E-state index in [1.807, 2.05) is 26.8 Å². The number of halogens is 1. The molecule has 0 atom stereocenters. The van der Waals surface area contributed by atoms with Gasteiger partial charge < -0.3 is 10.4 Å². The van der Waals surface area contributed by atoms with Crippen molar-refractivity contribution < 1.29 is 14.7 Å². The molecule has 0 bridgehead atoms. The topological polar surface area (TPSA) is 66.4 Å². The third-order valence-corrected chi connectivity index (χ3v) is 3.18. The molecule has 1 amide bonds. The zero-order valence-electron chi connectivity index (χ0n) is 11.3. The van der Waals surface area contributed by atoms with Crippen LogP contribution in [0.1, 0.15) is 42.6 Å². The molecule has 0 heterocycles. The molecule has 0 aliphatic rings. The minimum Gasteiger partial charge on any atom is -0.481 e. The minimum atomic E-state index is -0.861. The minimum absolute atomic E-state index is 0.0325. The first-order chi connectivity index (χ1) is 8.69. The second kappa shape index (κ2) is 6.19. The van der Waals surface area contributed by atoms with Crippen molar-refractivity contribution in [2.75, 3.05) is 0 Å². The highest BCUT2D eigenvalue weighted by Gasteiger charge is 2.22. The molecule has 2 N–H and O–H groups in total. The molecule has 5 heteroatoms. The van der Waals surface area contributed by atoms with E-state index in [2.05, 4.69) is 21.2 Å². The van der Waals surface area contributed by atoms with E-state index in [0.29, 0.717) is 12.0 Å². The molecular formula is C14H18BrNO3. The van der Waals surface area contributed by atoms with Crippen LogP contribution in [0.3, 0.4) is 0 Å².